The van der Waals surface area contributed by atoms with Gasteiger partial charge in [0.25, 0.3) is 5.91 Å². The summed E-state index contributed by atoms with van der Waals surface area (Å²) in [6, 6.07) is 3.99. The van der Waals surface area contributed by atoms with Gasteiger partial charge in [-0.1, -0.05) is 6.92 Å². The SMILES string of the molecule is CCC(C)NC(=O)c1ccc(NC)s1. The largest absolute Gasteiger partial charge is 0.380 e. The highest BCUT2D eigenvalue weighted by Crippen LogP contribution is 2.20. The number of hydrogen-bond donors (Lipinski definition) is 2. The van der Waals surface area contributed by atoms with Crippen molar-refractivity contribution in [2.24, 2.45) is 0 Å². The minimum absolute atomic E-state index is 0.0193. The third-order valence-electron chi connectivity index (χ3n) is 2.07. The van der Waals surface area contributed by atoms with Crippen molar-refractivity contribution < 1.29 is 4.79 Å². The monoisotopic (exact) mass is 212 g/mol. The van der Waals surface area contributed by atoms with Crippen LogP contribution < -0.4 is 10.6 Å². The summed E-state index contributed by atoms with van der Waals surface area (Å²) in [6.45, 7) is 4.06. The minimum atomic E-state index is 0.0193. The molecule has 1 unspecified atom stereocenters. The van der Waals surface area contributed by atoms with E-state index >= 15 is 0 Å². The molecule has 3 nitrogen and oxygen atoms in total. The molecular weight excluding hydrogens is 196 g/mol. The van der Waals surface area contributed by atoms with Gasteiger partial charge < -0.3 is 10.6 Å². The van der Waals surface area contributed by atoms with Gasteiger partial charge in [-0.3, -0.25) is 4.79 Å². The van der Waals surface area contributed by atoms with E-state index in [1.807, 2.05) is 26.1 Å². The van der Waals surface area contributed by atoms with Crippen LogP contribution in [-0.2, 0) is 0 Å². The Morgan fingerprint density at radius 2 is 2.29 bits per heavy atom. The Kier molecular flexibility index (Phi) is 3.95. The molecule has 14 heavy (non-hydrogen) atoms. The lowest BCUT2D eigenvalue weighted by Crippen LogP contribution is -2.31. The summed E-state index contributed by atoms with van der Waals surface area (Å²) in [5.74, 6) is 0.0193. The van der Waals surface area contributed by atoms with Crippen LogP contribution >= 0.6 is 11.3 Å². The van der Waals surface area contributed by atoms with E-state index in [9.17, 15) is 4.79 Å². The topological polar surface area (TPSA) is 41.1 Å². The number of nitrogens with one attached hydrogen (secondary N) is 2. The molecule has 1 amide bonds. The van der Waals surface area contributed by atoms with Crippen LogP contribution in [0, 0.1) is 0 Å². The number of amides is 1. The number of carbonyl (C=O) groups excluding carboxylic acids is 1. The van der Waals surface area contributed by atoms with Gasteiger partial charge in [-0.25, -0.2) is 0 Å². The Hall–Kier alpha value is -1.03. The number of hydrogen-bond acceptors (Lipinski definition) is 3. The first kappa shape index (κ1) is 11.0. The molecule has 0 aliphatic rings. The summed E-state index contributed by atoms with van der Waals surface area (Å²) in [5.41, 5.74) is 0. The highest BCUT2D eigenvalue weighted by Gasteiger charge is 2.10. The number of rotatable bonds is 4. The second-order valence-corrected chi connectivity index (χ2v) is 4.28. The molecule has 0 saturated heterocycles. The minimum Gasteiger partial charge on any atom is -0.380 e. The molecule has 4 heteroatoms. The fourth-order valence-corrected chi connectivity index (χ4v) is 1.75. The van der Waals surface area contributed by atoms with Crippen molar-refractivity contribution in [3.05, 3.63) is 17.0 Å². The van der Waals surface area contributed by atoms with E-state index < -0.39 is 0 Å². The van der Waals surface area contributed by atoms with Gasteiger partial charge in [0.15, 0.2) is 0 Å². The van der Waals surface area contributed by atoms with Gasteiger partial charge >= 0.3 is 0 Å². The van der Waals surface area contributed by atoms with Gasteiger partial charge in [-0.05, 0) is 25.5 Å². The molecule has 0 aliphatic heterocycles. The second-order valence-electron chi connectivity index (χ2n) is 3.20. The Balaban J connectivity index is 2.60. The van der Waals surface area contributed by atoms with Gasteiger partial charge in [0.1, 0.15) is 0 Å². The summed E-state index contributed by atoms with van der Waals surface area (Å²) < 4.78 is 0. The van der Waals surface area contributed by atoms with Crippen LogP contribution in [0.2, 0.25) is 0 Å². The third kappa shape index (κ3) is 2.73. The first-order valence-corrected chi connectivity index (χ1v) is 5.57. The Morgan fingerprint density at radius 1 is 1.57 bits per heavy atom. The zero-order valence-electron chi connectivity index (χ0n) is 8.76. The Bertz CT molecular complexity index is 309. The van der Waals surface area contributed by atoms with Gasteiger partial charge in [-0.2, -0.15) is 0 Å². The maximum Gasteiger partial charge on any atom is 0.261 e. The van der Waals surface area contributed by atoms with E-state index in [1.165, 1.54) is 11.3 Å². The average Bonchev–Trinajstić information content (AvgIpc) is 2.65. The van der Waals surface area contributed by atoms with E-state index in [1.54, 1.807) is 0 Å². The highest BCUT2D eigenvalue weighted by molar-refractivity contribution is 7.17. The summed E-state index contributed by atoms with van der Waals surface area (Å²) >= 11 is 1.47. The van der Waals surface area contributed by atoms with Gasteiger partial charge in [0, 0.05) is 13.1 Å². The van der Waals surface area contributed by atoms with Crippen molar-refractivity contribution in [3.63, 3.8) is 0 Å². The molecule has 2 N–H and O–H groups in total. The first-order chi connectivity index (χ1) is 6.67. The molecule has 1 aromatic rings. The standard InChI is InChI=1S/C10H16N2OS/c1-4-7(2)12-10(13)8-5-6-9(11-3)14-8/h5-7,11H,4H2,1-3H3,(H,12,13). The number of anilines is 1. The highest BCUT2D eigenvalue weighted by atomic mass is 32.1. The zero-order chi connectivity index (χ0) is 10.6. The summed E-state index contributed by atoms with van der Waals surface area (Å²) in [5, 5.41) is 6.95. The predicted octanol–water partition coefficient (Wildman–Crippen LogP) is 2.32. The van der Waals surface area contributed by atoms with Crippen LogP contribution in [0.4, 0.5) is 5.00 Å². The van der Waals surface area contributed by atoms with Gasteiger partial charge in [0.2, 0.25) is 0 Å². The number of carbonyl (C=O) groups is 1. The van der Waals surface area contributed by atoms with Crippen molar-refractivity contribution >= 4 is 22.2 Å². The van der Waals surface area contributed by atoms with Gasteiger partial charge in [-0.15, -0.1) is 11.3 Å². The average molecular weight is 212 g/mol. The lowest BCUT2D eigenvalue weighted by molar-refractivity contribution is 0.0943. The summed E-state index contributed by atoms with van der Waals surface area (Å²) in [7, 11) is 1.85. The van der Waals surface area contributed by atoms with Crippen LogP contribution in [0.15, 0.2) is 12.1 Å². The lowest BCUT2D eigenvalue weighted by Gasteiger charge is -2.09. The van der Waals surface area contributed by atoms with Crippen LogP contribution in [-0.4, -0.2) is 19.0 Å². The molecule has 0 bridgehead atoms. The Morgan fingerprint density at radius 3 is 2.79 bits per heavy atom. The van der Waals surface area contributed by atoms with Crippen molar-refractivity contribution in [1.82, 2.24) is 5.32 Å². The third-order valence-corrected chi connectivity index (χ3v) is 3.17. The van der Waals surface area contributed by atoms with Crippen molar-refractivity contribution in [1.29, 1.82) is 0 Å². The summed E-state index contributed by atoms with van der Waals surface area (Å²) in [4.78, 5) is 12.4. The van der Waals surface area contributed by atoms with Gasteiger partial charge in [0.05, 0.1) is 9.88 Å². The predicted molar refractivity (Wildman–Crippen MR) is 61.1 cm³/mol. The maximum absolute atomic E-state index is 11.6. The van der Waals surface area contributed by atoms with Crippen LogP contribution in [0.3, 0.4) is 0 Å². The number of thiophene rings is 1. The van der Waals surface area contributed by atoms with E-state index in [0.717, 1.165) is 16.3 Å². The first-order valence-electron chi connectivity index (χ1n) is 4.75. The van der Waals surface area contributed by atoms with E-state index in [-0.39, 0.29) is 11.9 Å². The zero-order valence-corrected chi connectivity index (χ0v) is 9.57. The van der Waals surface area contributed by atoms with Crippen molar-refractivity contribution in [3.8, 4) is 0 Å². The maximum atomic E-state index is 11.6. The molecule has 0 radical (unpaired) electrons. The molecular formula is C10H16N2OS. The van der Waals surface area contributed by atoms with E-state index in [0.29, 0.717) is 0 Å². The molecule has 1 rings (SSSR count). The molecule has 0 spiro atoms. The molecule has 0 fully saturated rings. The second kappa shape index (κ2) is 5.00. The molecule has 0 saturated carbocycles. The van der Waals surface area contributed by atoms with E-state index in [2.05, 4.69) is 17.6 Å². The smallest absolute Gasteiger partial charge is 0.261 e. The molecule has 78 valence electrons. The lowest BCUT2D eigenvalue weighted by atomic mass is 10.2. The fourth-order valence-electron chi connectivity index (χ4n) is 0.991. The summed E-state index contributed by atoms with van der Waals surface area (Å²) in [6.07, 6.45) is 0.954. The van der Waals surface area contributed by atoms with Crippen LogP contribution in [0.25, 0.3) is 0 Å². The molecule has 0 aliphatic carbocycles. The molecule has 0 aromatic carbocycles. The normalized spacial score (nSPS) is 12.2. The van der Waals surface area contributed by atoms with E-state index in [4.69, 9.17) is 0 Å². The van der Waals surface area contributed by atoms with Crippen LogP contribution in [0.5, 0.6) is 0 Å². The molecule has 1 heterocycles. The van der Waals surface area contributed by atoms with Crippen LogP contribution in [0.1, 0.15) is 29.9 Å². The quantitative estimate of drug-likeness (QED) is 0.804. The van der Waals surface area contributed by atoms with Crippen molar-refractivity contribution in [2.75, 3.05) is 12.4 Å². The van der Waals surface area contributed by atoms with Crippen molar-refractivity contribution in [2.45, 2.75) is 26.3 Å². The fraction of sp³-hybridized carbons (Fsp3) is 0.500. The molecule has 1 atom stereocenters. The molecule has 1 aromatic heterocycles. The Labute approximate surface area is 88.5 Å².